The lowest BCUT2D eigenvalue weighted by Crippen LogP contribution is -2.47. The monoisotopic (exact) mass is 158 g/mol. The summed E-state index contributed by atoms with van der Waals surface area (Å²) in [5.74, 6) is 0. The van der Waals surface area contributed by atoms with Gasteiger partial charge in [0.2, 0.25) is 0 Å². The topological polar surface area (TPSA) is 24.5 Å². The molecule has 66 valence electrons. The van der Waals surface area contributed by atoms with Crippen molar-refractivity contribution in [3.05, 3.63) is 0 Å². The number of ether oxygens (including phenoxy) is 1. The number of hydrogen-bond donors (Lipinski definition) is 1. The molecular formula is C8H18N2O. The molecule has 1 aliphatic heterocycles. The maximum Gasteiger partial charge on any atom is 0.0632 e. The zero-order valence-electron chi connectivity index (χ0n) is 7.47. The lowest BCUT2D eigenvalue weighted by atomic mass is 10.2. The van der Waals surface area contributed by atoms with Gasteiger partial charge in [-0.1, -0.05) is 6.92 Å². The van der Waals surface area contributed by atoms with Gasteiger partial charge in [-0.2, -0.15) is 0 Å². The highest BCUT2D eigenvalue weighted by Crippen LogP contribution is 1.94. The first kappa shape index (κ1) is 8.97. The lowest BCUT2D eigenvalue weighted by molar-refractivity contribution is 0.0659. The highest BCUT2D eigenvalue weighted by atomic mass is 16.5. The fourth-order valence-corrected chi connectivity index (χ4v) is 1.24. The minimum atomic E-state index is 0.536. The van der Waals surface area contributed by atoms with Crippen LogP contribution in [0.5, 0.6) is 0 Å². The van der Waals surface area contributed by atoms with Crippen LogP contribution in [0.1, 0.15) is 6.92 Å². The highest BCUT2D eigenvalue weighted by molar-refractivity contribution is 4.72. The SMILES string of the molecule is CCN(C)CC1COCCN1. The Hall–Kier alpha value is -0.120. The van der Waals surface area contributed by atoms with Crippen molar-refractivity contribution >= 4 is 0 Å². The Morgan fingerprint density at radius 1 is 1.64 bits per heavy atom. The van der Waals surface area contributed by atoms with Gasteiger partial charge >= 0.3 is 0 Å². The Balaban J connectivity index is 2.13. The molecule has 1 heterocycles. The average Bonchev–Trinajstić information content (AvgIpc) is 2.06. The fourth-order valence-electron chi connectivity index (χ4n) is 1.24. The Morgan fingerprint density at radius 2 is 2.45 bits per heavy atom. The molecule has 0 aromatic rings. The maximum atomic E-state index is 5.34. The normalized spacial score (nSPS) is 25.9. The quantitative estimate of drug-likeness (QED) is 0.622. The number of morpholine rings is 1. The predicted octanol–water partition coefficient (Wildman–Crippen LogP) is -0.0735. The summed E-state index contributed by atoms with van der Waals surface area (Å²) >= 11 is 0. The molecule has 0 aromatic carbocycles. The van der Waals surface area contributed by atoms with E-state index in [0.29, 0.717) is 6.04 Å². The van der Waals surface area contributed by atoms with Gasteiger partial charge in [0.25, 0.3) is 0 Å². The van der Waals surface area contributed by atoms with Crippen LogP contribution in [0.2, 0.25) is 0 Å². The number of rotatable bonds is 3. The van der Waals surface area contributed by atoms with Crippen molar-refractivity contribution in [2.75, 3.05) is 39.9 Å². The van der Waals surface area contributed by atoms with Gasteiger partial charge in [0.05, 0.1) is 13.2 Å². The first-order chi connectivity index (χ1) is 5.33. The molecule has 0 bridgehead atoms. The first-order valence-corrected chi connectivity index (χ1v) is 4.32. The molecule has 0 saturated carbocycles. The molecule has 11 heavy (non-hydrogen) atoms. The number of hydrogen-bond acceptors (Lipinski definition) is 3. The molecule has 1 unspecified atom stereocenters. The summed E-state index contributed by atoms with van der Waals surface area (Å²) in [6.45, 7) is 7.11. The molecule has 1 aliphatic rings. The van der Waals surface area contributed by atoms with Crippen LogP contribution in [-0.2, 0) is 4.74 Å². The predicted molar refractivity (Wildman–Crippen MR) is 45.8 cm³/mol. The van der Waals surface area contributed by atoms with Gasteiger partial charge in [0, 0.05) is 19.1 Å². The number of nitrogens with zero attached hydrogens (tertiary/aromatic N) is 1. The molecular weight excluding hydrogens is 140 g/mol. The summed E-state index contributed by atoms with van der Waals surface area (Å²) in [5.41, 5.74) is 0. The Labute approximate surface area is 68.7 Å². The summed E-state index contributed by atoms with van der Waals surface area (Å²) < 4.78 is 5.34. The van der Waals surface area contributed by atoms with E-state index in [0.717, 1.165) is 32.8 Å². The second-order valence-corrected chi connectivity index (χ2v) is 3.08. The van der Waals surface area contributed by atoms with Crippen LogP contribution in [0.25, 0.3) is 0 Å². The van der Waals surface area contributed by atoms with Crippen LogP contribution in [-0.4, -0.2) is 50.8 Å². The summed E-state index contributed by atoms with van der Waals surface area (Å²) in [5, 5.41) is 3.42. The zero-order valence-corrected chi connectivity index (χ0v) is 7.47. The van der Waals surface area contributed by atoms with Gasteiger partial charge in [-0.3, -0.25) is 0 Å². The van der Waals surface area contributed by atoms with Crippen LogP contribution in [0.4, 0.5) is 0 Å². The summed E-state index contributed by atoms with van der Waals surface area (Å²) in [4.78, 5) is 2.30. The molecule has 1 saturated heterocycles. The van der Waals surface area contributed by atoms with E-state index >= 15 is 0 Å². The van der Waals surface area contributed by atoms with E-state index in [-0.39, 0.29) is 0 Å². The third kappa shape index (κ3) is 3.18. The summed E-state index contributed by atoms with van der Waals surface area (Å²) in [6, 6.07) is 0.536. The second kappa shape index (κ2) is 4.70. The first-order valence-electron chi connectivity index (χ1n) is 4.32. The van der Waals surface area contributed by atoms with Crippen LogP contribution in [0.15, 0.2) is 0 Å². The van der Waals surface area contributed by atoms with Crippen molar-refractivity contribution in [3.63, 3.8) is 0 Å². The van der Waals surface area contributed by atoms with E-state index in [1.54, 1.807) is 0 Å². The molecule has 1 atom stereocenters. The minimum absolute atomic E-state index is 0.536. The van der Waals surface area contributed by atoms with Gasteiger partial charge in [0.1, 0.15) is 0 Å². The summed E-state index contributed by atoms with van der Waals surface area (Å²) in [7, 11) is 2.14. The van der Waals surface area contributed by atoms with E-state index in [2.05, 4.69) is 24.2 Å². The van der Waals surface area contributed by atoms with Gasteiger partial charge < -0.3 is 15.0 Å². The Morgan fingerprint density at radius 3 is 3.00 bits per heavy atom. The Bertz CT molecular complexity index is 102. The number of likely N-dealkylation sites (N-methyl/N-ethyl adjacent to an activating group) is 1. The van der Waals surface area contributed by atoms with E-state index in [1.807, 2.05) is 0 Å². The van der Waals surface area contributed by atoms with E-state index in [4.69, 9.17) is 4.74 Å². The Kier molecular flexibility index (Phi) is 3.83. The molecule has 0 aromatic heterocycles. The minimum Gasteiger partial charge on any atom is -0.378 e. The second-order valence-electron chi connectivity index (χ2n) is 3.08. The van der Waals surface area contributed by atoms with Crippen LogP contribution < -0.4 is 5.32 Å². The van der Waals surface area contributed by atoms with Gasteiger partial charge in [-0.15, -0.1) is 0 Å². The molecule has 0 aliphatic carbocycles. The smallest absolute Gasteiger partial charge is 0.0632 e. The van der Waals surface area contributed by atoms with Gasteiger partial charge in [-0.25, -0.2) is 0 Å². The van der Waals surface area contributed by atoms with E-state index in [1.165, 1.54) is 0 Å². The molecule has 3 heteroatoms. The molecule has 1 N–H and O–H groups in total. The average molecular weight is 158 g/mol. The maximum absolute atomic E-state index is 5.34. The van der Waals surface area contributed by atoms with Crippen molar-refractivity contribution in [1.82, 2.24) is 10.2 Å². The molecule has 0 amide bonds. The number of nitrogens with one attached hydrogen (secondary N) is 1. The molecule has 3 nitrogen and oxygen atoms in total. The van der Waals surface area contributed by atoms with Crippen molar-refractivity contribution in [2.24, 2.45) is 0 Å². The van der Waals surface area contributed by atoms with Gasteiger partial charge in [-0.05, 0) is 13.6 Å². The largest absolute Gasteiger partial charge is 0.378 e. The van der Waals surface area contributed by atoms with Crippen molar-refractivity contribution in [1.29, 1.82) is 0 Å². The highest BCUT2D eigenvalue weighted by Gasteiger charge is 2.13. The van der Waals surface area contributed by atoms with E-state index in [9.17, 15) is 0 Å². The van der Waals surface area contributed by atoms with Crippen LogP contribution in [0.3, 0.4) is 0 Å². The van der Waals surface area contributed by atoms with Crippen LogP contribution in [0, 0.1) is 0 Å². The van der Waals surface area contributed by atoms with Crippen molar-refractivity contribution < 1.29 is 4.74 Å². The standard InChI is InChI=1S/C8H18N2O/c1-3-10(2)6-8-7-11-5-4-9-8/h8-9H,3-7H2,1-2H3. The molecule has 1 fully saturated rings. The molecule has 0 radical (unpaired) electrons. The van der Waals surface area contributed by atoms with E-state index < -0.39 is 0 Å². The van der Waals surface area contributed by atoms with Crippen molar-refractivity contribution in [3.8, 4) is 0 Å². The molecule has 1 rings (SSSR count). The fraction of sp³-hybridized carbons (Fsp3) is 1.00. The third-order valence-electron chi connectivity index (χ3n) is 2.07. The van der Waals surface area contributed by atoms with Crippen molar-refractivity contribution in [2.45, 2.75) is 13.0 Å². The lowest BCUT2D eigenvalue weighted by Gasteiger charge is -2.27. The molecule has 0 spiro atoms. The van der Waals surface area contributed by atoms with Crippen LogP contribution >= 0.6 is 0 Å². The van der Waals surface area contributed by atoms with Gasteiger partial charge in [0.15, 0.2) is 0 Å². The third-order valence-corrected chi connectivity index (χ3v) is 2.07. The summed E-state index contributed by atoms with van der Waals surface area (Å²) in [6.07, 6.45) is 0. The zero-order chi connectivity index (χ0) is 8.10.